The number of carbonyl (C=O) groups is 1. The summed E-state index contributed by atoms with van der Waals surface area (Å²) in [6.45, 7) is 6.32. The summed E-state index contributed by atoms with van der Waals surface area (Å²) in [5.41, 5.74) is 2.60. The monoisotopic (exact) mass is 475 g/mol. The van der Waals surface area contributed by atoms with Crippen LogP contribution in [0, 0.1) is 0 Å². The maximum atomic E-state index is 12.5. The van der Waals surface area contributed by atoms with Gasteiger partial charge in [-0.05, 0) is 60.5 Å². The molecule has 7 nitrogen and oxygen atoms in total. The van der Waals surface area contributed by atoms with Gasteiger partial charge in [-0.25, -0.2) is 4.79 Å². The van der Waals surface area contributed by atoms with Crippen molar-refractivity contribution >= 4 is 11.7 Å². The van der Waals surface area contributed by atoms with Gasteiger partial charge in [-0.2, -0.15) is 0 Å². The van der Waals surface area contributed by atoms with Crippen LogP contribution in [0.1, 0.15) is 34.8 Å². The number of methoxy groups -OCH3 is 2. The Morgan fingerprint density at radius 1 is 0.886 bits per heavy atom. The number of oxime groups is 1. The van der Waals surface area contributed by atoms with Crippen molar-refractivity contribution in [2.24, 2.45) is 5.16 Å². The number of ether oxygens (including phenoxy) is 4. The van der Waals surface area contributed by atoms with E-state index in [4.69, 9.17) is 23.8 Å². The minimum atomic E-state index is -0.552. The van der Waals surface area contributed by atoms with E-state index in [0.29, 0.717) is 42.4 Å². The molecule has 0 bridgehead atoms. The minimum absolute atomic E-state index is 0.367. The van der Waals surface area contributed by atoms with Crippen molar-refractivity contribution in [1.29, 1.82) is 0 Å². The van der Waals surface area contributed by atoms with Crippen LogP contribution in [0.2, 0.25) is 0 Å². The highest BCUT2D eigenvalue weighted by Gasteiger charge is 2.13. The molecule has 0 atom stereocenters. The smallest absolute Gasteiger partial charge is 0.365 e. The summed E-state index contributed by atoms with van der Waals surface area (Å²) in [7, 11) is 3.18. The predicted octanol–water partition coefficient (Wildman–Crippen LogP) is 5.82. The molecule has 0 N–H and O–H groups in total. The van der Waals surface area contributed by atoms with Crippen LogP contribution < -0.4 is 18.9 Å². The van der Waals surface area contributed by atoms with Gasteiger partial charge in [0, 0.05) is 11.6 Å². The Hall–Kier alpha value is -4.26. The van der Waals surface area contributed by atoms with Crippen molar-refractivity contribution < 1.29 is 28.6 Å². The fourth-order valence-electron chi connectivity index (χ4n) is 3.18. The summed E-state index contributed by atoms with van der Waals surface area (Å²) < 4.78 is 21.9. The molecule has 0 amide bonds. The zero-order chi connectivity index (χ0) is 25.0. The van der Waals surface area contributed by atoms with Crippen LogP contribution in [0.5, 0.6) is 23.0 Å². The first-order valence-corrected chi connectivity index (χ1v) is 11.1. The third-order valence-corrected chi connectivity index (χ3v) is 5.08. The topological polar surface area (TPSA) is 75.6 Å². The summed E-state index contributed by atoms with van der Waals surface area (Å²) in [6, 6.07) is 19.7. The second kappa shape index (κ2) is 12.8. The van der Waals surface area contributed by atoms with Gasteiger partial charge in [0.05, 0.1) is 25.5 Å². The summed E-state index contributed by atoms with van der Waals surface area (Å²) in [5.74, 6) is 2.16. The first-order chi connectivity index (χ1) is 17.1. The Bertz CT molecular complexity index is 1150. The quantitative estimate of drug-likeness (QED) is 0.142. The van der Waals surface area contributed by atoms with Gasteiger partial charge in [0.2, 0.25) is 0 Å². The lowest BCUT2D eigenvalue weighted by Crippen LogP contribution is -2.07. The molecule has 0 aliphatic heterocycles. The SMILES string of the molecule is C=CCOc1ccc(/C(CC)=N/OC(=O)c2ccc(COc3ccc(OC)cc3)cc2)c(OC)c1. The first kappa shape index (κ1) is 25.4. The van der Waals surface area contributed by atoms with E-state index in [1.807, 2.05) is 49.4 Å². The maximum absolute atomic E-state index is 12.5. The van der Waals surface area contributed by atoms with Crippen LogP contribution in [-0.4, -0.2) is 32.5 Å². The van der Waals surface area contributed by atoms with Gasteiger partial charge in [-0.15, -0.1) is 0 Å². The summed E-state index contributed by atoms with van der Waals surface area (Å²) >= 11 is 0. The van der Waals surface area contributed by atoms with E-state index in [9.17, 15) is 4.79 Å². The Morgan fingerprint density at radius 3 is 2.20 bits per heavy atom. The molecule has 0 heterocycles. The third-order valence-electron chi connectivity index (χ3n) is 5.08. The van der Waals surface area contributed by atoms with Crippen molar-refractivity contribution in [1.82, 2.24) is 0 Å². The standard InChI is InChI=1S/C28H29NO6/c1-5-17-33-24-15-16-25(27(18-24)32-4)26(6-2)29-35-28(30)21-9-7-20(8-10-21)19-34-23-13-11-22(31-3)12-14-23/h5,7-16,18H,1,6,17,19H2,2-4H3/b29-26+. The molecule has 0 saturated carbocycles. The number of rotatable bonds is 12. The fraction of sp³-hybridized carbons (Fsp3) is 0.214. The van der Waals surface area contributed by atoms with Crippen molar-refractivity contribution in [2.75, 3.05) is 20.8 Å². The lowest BCUT2D eigenvalue weighted by molar-refractivity contribution is 0.0515. The summed E-state index contributed by atoms with van der Waals surface area (Å²) in [5, 5.41) is 4.10. The number of carbonyl (C=O) groups excluding carboxylic acids is 1. The first-order valence-electron chi connectivity index (χ1n) is 11.1. The van der Waals surface area contributed by atoms with E-state index in [2.05, 4.69) is 11.7 Å². The summed E-state index contributed by atoms with van der Waals surface area (Å²) in [4.78, 5) is 17.8. The molecule has 7 heteroatoms. The molecule has 182 valence electrons. The van der Waals surface area contributed by atoms with Crippen molar-refractivity contribution in [3.05, 3.63) is 96.1 Å². The number of nitrogens with zero attached hydrogens (tertiary/aromatic N) is 1. The van der Waals surface area contributed by atoms with E-state index >= 15 is 0 Å². The van der Waals surface area contributed by atoms with Crippen LogP contribution in [0.15, 0.2) is 84.5 Å². The second-order valence-electron chi connectivity index (χ2n) is 7.39. The normalized spacial score (nSPS) is 10.9. The lowest BCUT2D eigenvalue weighted by atomic mass is 10.1. The van der Waals surface area contributed by atoms with Gasteiger partial charge in [0.25, 0.3) is 0 Å². The molecule has 3 aromatic rings. The molecule has 0 aliphatic carbocycles. The molecule has 0 saturated heterocycles. The molecule has 0 aromatic heterocycles. The van der Waals surface area contributed by atoms with E-state index in [1.165, 1.54) is 0 Å². The lowest BCUT2D eigenvalue weighted by Gasteiger charge is -2.12. The highest BCUT2D eigenvalue weighted by atomic mass is 16.7. The van der Waals surface area contributed by atoms with E-state index in [-0.39, 0.29) is 0 Å². The largest absolute Gasteiger partial charge is 0.497 e. The van der Waals surface area contributed by atoms with Crippen molar-refractivity contribution in [3.8, 4) is 23.0 Å². The van der Waals surface area contributed by atoms with Gasteiger partial charge in [0.1, 0.15) is 36.2 Å². The van der Waals surface area contributed by atoms with Crippen molar-refractivity contribution in [3.63, 3.8) is 0 Å². The number of hydrogen-bond acceptors (Lipinski definition) is 7. The summed E-state index contributed by atoms with van der Waals surface area (Å²) in [6.07, 6.45) is 2.21. The highest BCUT2D eigenvalue weighted by molar-refractivity contribution is 6.03. The Kier molecular flexibility index (Phi) is 9.31. The Morgan fingerprint density at radius 2 is 1.57 bits per heavy atom. The average Bonchev–Trinajstić information content (AvgIpc) is 2.91. The van der Waals surface area contributed by atoms with Crippen LogP contribution in [0.25, 0.3) is 0 Å². The van der Waals surface area contributed by atoms with Crippen LogP contribution in [-0.2, 0) is 11.4 Å². The Balaban J connectivity index is 1.62. The minimum Gasteiger partial charge on any atom is -0.497 e. The molecule has 3 aromatic carbocycles. The van der Waals surface area contributed by atoms with Gasteiger partial charge in [-0.3, -0.25) is 0 Å². The highest BCUT2D eigenvalue weighted by Crippen LogP contribution is 2.26. The van der Waals surface area contributed by atoms with Crippen LogP contribution in [0.4, 0.5) is 0 Å². The molecule has 0 fully saturated rings. The van der Waals surface area contributed by atoms with E-state index in [0.717, 1.165) is 22.6 Å². The average molecular weight is 476 g/mol. The molecule has 0 unspecified atom stereocenters. The van der Waals surface area contributed by atoms with E-state index in [1.54, 1.807) is 44.6 Å². The molecule has 0 spiro atoms. The van der Waals surface area contributed by atoms with Gasteiger partial charge in [0.15, 0.2) is 0 Å². The number of hydrogen-bond donors (Lipinski definition) is 0. The predicted molar refractivity (Wildman–Crippen MR) is 135 cm³/mol. The van der Waals surface area contributed by atoms with Gasteiger partial charge < -0.3 is 23.8 Å². The van der Waals surface area contributed by atoms with Gasteiger partial charge >= 0.3 is 5.97 Å². The molecule has 3 rings (SSSR count). The van der Waals surface area contributed by atoms with Crippen molar-refractivity contribution in [2.45, 2.75) is 20.0 Å². The van der Waals surface area contributed by atoms with Gasteiger partial charge in [-0.1, -0.05) is 36.9 Å². The zero-order valence-electron chi connectivity index (χ0n) is 20.2. The number of benzene rings is 3. The molecule has 35 heavy (non-hydrogen) atoms. The zero-order valence-corrected chi connectivity index (χ0v) is 20.2. The molecule has 0 radical (unpaired) electrons. The second-order valence-corrected chi connectivity index (χ2v) is 7.39. The van der Waals surface area contributed by atoms with Crippen LogP contribution in [0.3, 0.4) is 0 Å². The van der Waals surface area contributed by atoms with E-state index < -0.39 is 5.97 Å². The molecule has 0 aliphatic rings. The Labute approximate surface area is 205 Å². The molecular weight excluding hydrogens is 446 g/mol. The third kappa shape index (κ3) is 7.11. The maximum Gasteiger partial charge on any atom is 0.365 e. The fourth-order valence-corrected chi connectivity index (χ4v) is 3.18. The van der Waals surface area contributed by atoms with Crippen LogP contribution >= 0.6 is 0 Å². The molecular formula is C28H29NO6.